The van der Waals surface area contributed by atoms with Crippen LogP contribution in [0.2, 0.25) is 0 Å². The number of esters is 2. The van der Waals surface area contributed by atoms with Gasteiger partial charge in [0.2, 0.25) is 5.91 Å². The average molecular weight is 271 g/mol. The van der Waals surface area contributed by atoms with Crippen LogP contribution in [-0.2, 0) is 28.7 Å². The van der Waals surface area contributed by atoms with E-state index in [9.17, 15) is 19.2 Å². The largest absolute Gasteiger partial charge is 0.459 e. The van der Waals surface area contributed by atoms with Crippen LogP contribution in [0, 0.1) is 0 Å². The normalized spacial score (nSPS) is 19.6. The molecule has 1 saturated heterocycles. The maximum Gasteiger partial charge on any atom is 0.326 e. The van der Waals surface area contributed by atoms with Gasteiger partial charge in [-0.15, -0.1) is 0 Å². The highest BCUT2D eigenvalue weighted by atomic mass is 16.6. The first kappa shape index (κ1) is 15.1. The third-order valence-electron chi connectivity index (χ3n) is 2.22. The fraction of sp³-hybridized carbons (Fsp3) is 0.667. The Kier molecular flexibility index (Phi) is 4.28. The van der Waals surface area contributed by atoms with Crippen molar-refractivity contribution >= 4 is 23.8 Å². The number of ether oxygens (including phenoxy) is 2. The second-order valence-corrected chi connectivity index (χ2v) is 5.21. The molecule has 0 aromatic carbocycles. The third-order valence-corrected chi connectivity index (χ3v) is 2.22. The number of hydrogen-bond acceptors (Lipinski definition) is 6. The van der Waals surface area contributed by atoms with E-state index in [0.717, 1.165) is 11.8 Å². The molecule has 106 valence electrons. The van der Waals surface area contributed by atoms with E-state index in [2.05, 4.69) is 0 Å². The van der Waals surface area contributed by atoms with Crippen LogP contribution in [0.15, 0.2) is 0 Å². The molecule has 2 amide bonds. The molecule has 1 aliphatic heterocycles. The monoisotopic (exact) mass is 271 g/mol. The van der Waals surface area contributed by atoms with Gasteiger partial charge in [-0.3, -0.25) is 24.1 Å². The van der Waals surface area contributed by atoms with Crippen LogP contribution >= 0.6 is 0 Å². The van der Waals surface area contributed by atoms with Crippen molar-refractivity contribution in [3.63, 3.8) is 0 Å². The van der Waals surface area contributed by atoms with E-state index in [1.807, 2.05) is 0 Å². The van der Waals surface area contributed by atoms with Crippen molar-refractivity contribution in [3.05, 3.63) is 0 Å². The molecule has 19 heavy (non-hydrogen) atoms. The van der Waals surface area contributed by atoms with Gasteiger partial charge >= 0.3 is 11.9 Å². The van der Waals surface area contributed by atoms with E-state index in [1.54, 1.807) is 20.8 Å². The average Bonchev–Trinajstić information content (AvgIpc) is 2.42. The highest BCUT2D eigenvalue weighted by Gasteiger charge is 2.42. The Morgan fingerprint density at radius 1 is 1.32 bits per heavy atom. The van der Waals surface area contributed by atoms with E-state index in [1.165, 1.54) is 0 Å². The summed E-state index contributed by atoms with van der Waals surface area (Å²) in [4.78, 5) is 46.4. The number of carbonyl (C=O) groups excluding carboxylic acids is 4. The fourth-order valence-electron chi connectivity index (χ4n) is 1.61. The maximum atomic E-state index is 11.8. The molecule has 0 bridgehead atoms. The zero-order valence-corrected chi connectivity index (χ0v) is 11.4. The molecule has 7 heteroatoms. The van der Waals surface area contributed by atoms with Crippen molar-refractivity contribution < 1.29 is 28.7 Å². The molecule has 0 spiro atoms. The van der Waals surface area contributed by atoms with Gasteiger partial charge in [0.15, 0.2) is 6.10 Å². The minimum Gasteiger partial charge on any atom is -0.459 e. The molecular weight excluding hydrogens is 254 g/mol. The summed E-state index contributed by atoms with van der Waals surface area (Å²) in [6.07, 6.45) is -1.37. The smallest absolute Gasteiger partial charge is 0.326 e. The number of likely N-dealkylation sites (tertiary alicyclic amines) is 1. The lowest BCUT2D eigenvalue weighted by Gasteiger charge is -2.21. The quantitative estimate of drug-likeness (QED) is 0.531. The Morgan fingerprint density at radius 2 is 1.89 bits per heavy atom. The Bertz CT molecular complexity index is 422. The van der Waals surface area contributed by atoms with E-state index in [-0.39, 0.29) is 6.42 Å². The van der Waals surface area contributed by atoms with Gasteiger partial charge in [0, 0.05) is 6.92 Å². The lowest BCUT2D eigenvalue weighted by Crippen LogP contribution is -2.39. The van der Waals surface area contributed by atoms with Gasteiger partial charge in [-0.1, -0.05) is 0 Å². The van der Waals surface area contributed by atoms with Gasteiger partial charge in [-0.25, -0.2) is 0 Å². The van der Waals surface area contributed by atoms with Crippen LogP contribution < -0.4 is 0 Å². The molecule has 0 aliphatic carbocycles. The van der Waals surface area contributed by atoms with Crippen LogP contribution in [0.5, 0.6) is 0 Å². The van der Waals surface area contributed by atoms with E-state index >= 15 is 0 Å². The van der Waals surface area contributed by atoms with Gasteiger partial charge < -0.3 is 9.47 Å². The van der Waals surface area contributed by atoms with Gasteiger partial charge in [-0.05, 0) is 20.8 Å². The number of rotatable bonds is 3. The Balaban J connectivity index is 2.64. The van der Waals surface area contributed by atoms with E-state index < -0.39 is 42.0 Å². The summed E-state index contributed by atoms with van der Waals surface area (Å²) in [6, 6.07) is 0. The summed E-state index contributed by atoms with van der Waals surface area (Å²) in [5.41, 5.74) is -0.696. The van der Waals surface area contributed by atoms with Crippen molar-refractivity contribution in [2.45, 2.75) is 45.8 Å². The second kappa shape index (κ2) is 5.38. The molecule has 0 aromatic rings. The van der Waals surface area contributed by atoms with E-state index in [4.69, 9.17) is 9.47 Å². The highest BCUT2D eigenvalue weighted by molar-refractivity contribution is 6.07. The minimum absolute atomic E-state index is 0.235. The van der Waals surface area contributed by atoms with Crippen LogP contribution in [-0.4, -0.2) is 46.9 Å². The molecule has 1 fully saturated rings. The van der Waals surface area contributed by atoms with Gasteiger partial charge in [0.1, 0.15) is 12.1 Å². The molecule has 0 unspecified atom stereocenters. The molecular formula is C12H17NO6. The predicted octanol–water partition coefficient (Wildman–Crippen LogP) is 0.0187. The van der Waals surface area contributed by atoms with Crippen molar-refractivity contribution in [2.24, 2.45) is 0 Å². The summed E-state index contributed by atoms with van der Waals surface area (Å²) in [5, 5.41) is 0. The Labute approximate surface area is 110 Å². The molecule has 0 aromatic heterocycles. The van der Waals surface area contributed by atoms with Gasteiger partial charge in [0.05, 0.1) is 6.42 Å². The number of imide groups is 1. The number of nitrogens with zero attached hydrogens (tertiary/aromatic N) is 1. The minimum atomic E-state index is -1.13. The standard InChI is InChI=1S/C12H17NO6/c1-7(14)18-8-5-9(15)13(11(8)17)6-10(16)19-12(2,3)4/h8H,5-6H2,1-4H3/t8-/m0/s1. The summed E-state index contributed by atoms with van der Waals surface area (Å²) < 4.78 is 9.72. The van der Waals surface area contributed by atoms with E-state index in [0.29, 0.717) is 0 Å². The molecule has 0 saturated carbocycles. The summed E-state index contributed by atoms with van der Waals surface area (Å²) >= 11 is 0. The van der Waals surface area contributed by atoms with Gasteiger partial charge in [0.25, 0.3) is 5.91 Å². The lowest BCUT2D eigenvalue weighted by molar-refractivity contribution is -0.162. The van der Waals surface area contributed by atoms with Crippen LogP contribution in [0.1, 0.15) is 34.1 Å². The number of carbonyl (C=O) groups is 4. The highest BCUT2D eigenvalue weighted by Crippen LogP contribution is 2.17. The predicted molar refractivity (Wildman–Crippen MR) is 62.7 cm³/mol. The number of amides is 2. The van der Waals surface area contributed by atoms with Crippen LogP contribution in [0.4, 0.5) is 0 Å². The van der Waals surface area contributed by atoms with Crippen molar-refractivity contribution in [1.29, 1.82) is 0 Å². The molecule has 0 radical (unpaired) electrons. The van der Waals surface area contributed by atoms with Crippen LogP contribution in [0.25, 0.3) is 0 Å². The first-order chi connectivity index (χ1) is 8.60. The lowest BCUT2D eigenvalue weighted by atomic mass is 10.2. The van der Waals surface area contributed by atoms with Gasteiger partial charge in [-0.2, -0.15) is 0 Å². The SMILES string of the molecule is CC(=O)O[C@H]1CC(=O)N(CC(=O)OC(C)(C)C)C1=O. The summed E-state index contributed by atoms with van der Waals surface area (Å²) in [7, 11) is 0. The first-order valence-corrected chi connectivity index (χ1v) is 5.83. The molecule has 1 aliphatic rings. The molecule has 1 atom stereocenters. The molecule has 0 N–H and O–H groups in total. The van der Waals surface area contributed by atoms with Crippen molar-refractivity contribution in [1.82, 2.24) is 4.90 Å². The van der Waals surface area contributed by atoms with Crippen LogP contribution in [0.3, 0.4) is 0 Å². The maximum absolute atomic E-state index is 11.8. The molecule has 1 heterocycles. The van der Waals surface area contributed by atoms with Crippen molar-refractivity contribution in [3.8, 4) is 0 Å². The first-order valence-electron chi connectivity index (χ1n) is 5.83. The molecule has 7 nitrogen and oxygen atoms in total. The zero-order valence-electron chi connectivity index (χ0n) is 11.4. The Hall–Kier alpha value is -1.92. The zero-order chi connectivity index (χ0) is 14.8. The fourth-order valence-corrected chi connectivity index (χ4v) is 1.61. The molecule has 1 rings (SSSR count). The third kappa shape index (κ3) is 4.35. The Morgan fingerprint density at radius 3 is 2.37 bits per heavy atom. The summed E-state index contributed by atoms with van der Waals surface area (Å²) in [5.74, 6) is -2.57. The second-order valence-electron chi connectivity index (χ2n) is 5.21. The van der Waals surface area contributed by atoms with Crippen molar-refractivity contribution in [2.75, 3.05) is 6.54 Å². The number of hydrogen-bond donors (Lipinski definition) is 0. The summed E-state index contributed by atoms with van der Waals surface area (Å²) in [6.45, 7) is 5.72. The topological polar surface area (TPSA) is 90.0 Å².